The Morgan fingerprint density at radius 2 is 1.83 bits per heavy atom. The molecular weight excluding hydrogens is 150 g/mol. The number of aliphatic hydroxyl groups excluding tert-OH is 1. The summed E-state index contributed by atoms with van der Waals surface area (Å²) in [5.74, 6) is 2.97. The summed E-state index contributed by atoms with van der Waals surface area (Å²) < 4.78 is 0. The van der Waals surface area contributed by atoms with Gasteiger partial charge in [-0.3, -0.25) is 0 Å². The van der Waals surface area contributed by atoms with Crippen molar-refractivity contribution in [3.05, 3.63) is 0 Å². The highest BCUT2D eigenvalue weighted by Gasteiger charge is 2.38. The van der Waals surface area contributed by atoms with Crippen LogP contribution in [-0.4, -0.2) is 24.8 Å². The largest absolute Gasteiger partial charge is 0.396 e. The normalized spacial score (nSPS) is 47.5. The van der Waals surface area contributed by atoms with E-state index in [1.807, 2.05) is 0 Å². The van der Waals surface area contributed by atoms with E-state index in [1.165, 1.54) is 12.8 Å². The van der Waals surface area contributed by atoms with Gasteiger partial charge in [-0.1, -0.05) is 6.92 Å². The van der Waals surface area contributed by atoms with Crippen LogP contribution in [0.1, 0.15) is 19.8 Å². The molecule has 70 valence electrons. The van der Waals surface area contributed by atoms with Gasteiger partial charge in [0.2, 0.25) is 0 Å². The van der Waals surface area contributed by atoms with Crippen LogP contribution < -0.4 is 5.32 Å². The zero-order valence-corrected chi connectivity index (χ0v) is 7.79. The predicted molar refractivity (Wildman–Crippen MR) is 48.8 cm³/mol. The molecule has 0 aromatic rings. The van der Waals surface area contributed by atoms with Crippen LogP contribution in [0.2, 0.25) is 0 Å². The number of hydrogen-bond acceptors (Lipinski definition) is 2. The molecular formula is C10H19NO. The summed E-state index contributed by atoms with van der Waals surface area (Å²) in [6.07, 6.45) is 2.63. The van der Waals surface area contributed by atoms with Crippen LogP contribution in [0.25, 0.3) is 0 Å². The molecule has 1 saturated heterocycles. The van der Waals surface area contributed by atoms with Crippen LogP contribution in [0.5, 0.6) is 0 Å². The van der Waals surface area contributed by atoms with Crippen LogP contribution >= 0.6 is 0 Å². The Morgan fingerprint density at radius 3 is 2.33 bits per heavy atom. The molecule has 0 radical (unpaired) electrons. The van der Waals surface area contributed by atoms with Crippen LogP contribution in [0.3, 0.4) is 0 Å². The molecule has 2 rings (SSSR count). The van der Waals surface area contributed by atoms with Crippen LogP contribution in [0.15, 0.2) is 0 Å². The quantitative estimate of drug-likeness (QED) is 0.610. The molecule has 12 heavy (non-hydrogen) atoms. The van der Waals surface area contributed by atoms with E-state index < -0.39 is 0 Å². The first kappa shape index (κ1) is 8.52. The van der Waals surface area contributed by atoms with E-state index in [0.29, 0.717) is 12.5 Å². The predicted octanol–water partition coefficient (Wildman–Crippen LogP) is 0.860. The van der Waals surface area contributed by atoms with Gasteiger partial charge in [0, 0.05) is 6.61 Å². The SMILES string of the molecule is CC1CC2CNCC(C1)C2CO. The lowest BCUT2D eigenvalue weighted by Crippen LogP contribution is -2.49. The summed E-state index contributed by atoms with van der Waals surface area (Å²) in [6, 6.07) is 0. The fraction of sp³-hybridized carbons (Fsp3) is 1.00. The fourth-order valence-electron chi connectivity index (χ4n) is 3.09. The van der Waals surface area contributed by atoms with Crippen molar-refractivity contribution in [2.75, 3.05) is 19.7 Å². The van der Waals surface area contributed by atoms with Crippen LogP contribution in [0, 0.1) is 23.7 Å². The first-order chi connectivity index (χ1) is 5.81. The average molecular weight is 169 g/mol. The summed E-state index contributed by atoms with van der Waals surface area (Å²) in [4.78, 5) is 0. The van der Waals surface area contributed by atoms with E-state index in [4.69, 9.17) is 0 Å². The molecule has 0 spiro atoms. The molecule has 0 amide bonds. The molecule has 1 aliphatic carbocycles. The van der Waals surface area contributed by atoms with E-state index in [1.54, 1.807) is 0 Å². The average Bonchev–Trinajstić information content (AvgIpc) is 2.02. The highest BCUT2D eigenvalue weighted by Crippen LogP contribution is 2.39. The van der Waals surface area contributed by atoms with Crippen molar-refractivity contribution in [3.63, 3.8) is 0 Å². The number of rotatable bonds is 1. The molecule has 2 atom stereocenters. The molecule has 2 unspecified atom stereocenters. The first-order valence-corrected chi connectivity index (χ1v) is 5.13. The smallest absolute Gasteiger partial charge is 0.0465 e. The zero-order chi connectivity index (χ0) is 8.55. The fourth-order valence-corrected chi connectivity index (χ4v) is 3.09. The van der Waals surface area contributed by atoms with Crippen molar-refractivity contribution < 1.29 is 5.11 Å². The minimum atomic E-state index is 0.406. The van der Waals surface area contributed by atoms with Crippen molar-refractivity contribution in [1.29, 1.82) is 0 Å². The summed E-state index contributed by atoms with van der Waals surface area (Å²) in [6.45, 7) is 5.01. The van der Waals surface area contributed by atoms with Crippen LogP contribution in [0.4, 0.5) is 0 Å². The molecule has 1 saturated carbocycles. The maximum atomic E-state index is 9.26. The van der Waals surface area contributed by atoms with Gasteiger partial charge in [-0.15, -0.1) is 0 Å². The lowest BCUT2D eigenvalue weighted by atomic mass is 9.66. The van der Waals surface area contributed by atoms with E-state index >= 15 is 0 Å². The Morgan fingerprint density at radius 1 is 1.25 bits per heavy atom. The summed E-state index contributed by atoms with van der Waals surface area (Å²) in [5.41, 5.74) is 0. The van der Waals surface area contributed by atoms with Gasteiger partial charge in [-0.25, -0.2) is 0 Å². The lowest BCUT2D eigenvalue weighted by Gasteiger charge is -2.44. The number of piperidine rings is 1. The van der Waals surface area contributed by atoms with E-state index in [-0.39, 0.29) is 0 Å². The van der Waals surface area contributed by atoms with Gasteiger partial charge in [0.15, 0.2) is 0 Å². The topological polar surface area (TPSA) is 32.3 Å². The number of aliphatic hydroxyl groups is 1. The lowest BCUT2D eigenvalue weighted by molar-refractivity contribution is 0.0319. The van der Waals surface area contributed by atoms with E-state index in [2.05, 4.69) is 12.2 Å². The minimum Gasteiger partial charge on any atom is -0.396 e. The number of fused-ring (bicyclic) bond motifs is 2. The standard InChI is InChI=1S/C10H19NO/c1-7-2-8-4-11-5-9(3-7)10(8)6-12/h7-12H,2-6H2,1H3. The van der Waals surface area contributed by atoms with Gasteiger partial charge >= 0.3 is 0 Å². The Balaban J connectivity index is 2.06. The number of hydrogen-bond donors (Lipinski definition) is 2. The van der Waals surface area contributed by atoms with Crippen molar-refractivity contribution in [2.45, 2.75) is 19.8 Å². The summed E-state index contributed by atoms with van der Waals surface area (Å²) >= 11 is 0. The molecule has 0 aromatic heterocycles. The molecule has 2 N–H and O–H groups in total. The van der Waals surface area contributed by atoms with Crippen LogP contribution in [-0.2, 0) is 0 Å². The molecule has 0 aromatic carbocycles. The van der Waals surface area contributed by atoms with Gasteiger partial charge in [-0.2, -0.15) is 0 Å². The van der Waals surface area contributed by atoms with Gasteiger partial charge in [-0.05, 0) is 49.6 Å². The molecule has 1 aliphatic heterocycles. The molecule has 2 fully saturated rings. The highest BCUT2D eigenvalue weighted by atomic mass is 16.3. The molecule has 2 heteroatoms. The molecule has 2 bridgehead atoms. The Kier molecular flexibility index (Phi) is 2.37. The zero-order valence-electron chi connectivity index (χ0n) is 7.79. The summed E-state index contributed by atoms with van der Waals surface area (Å²) in [5, 5.41) is 12.7. The molecule has 1 heterocycles. The second-order valence-corrected chi connectivity index (χ2v) is 4.60. The first-order valence-electron chi connectivity index (χ1n) is 5.13. The van der Waals surface area contributed by atoms with Crippen molar-refractivity contribution >= 4 is 0 Å². The third kappa shape index (κ3) is 1.38. The number of nitrogens with one attached hydrogen (secondary N) is 1. The third-order valence-electron chi connectivity index (χ3n) is 3.65. The Hall–Kier alpha value is -0.0800. The van der Waals surface area contributed by atoms with Gasteiger partial charge < -0.3 is 10.4 Å². The van der Waals surface area contributed by atoms with Gasteiger partial charge in [0.05, 0.1) is 0 Å². The van der Waals surface area contributed by atoms with Crippen molar-refractivity contribution in [1.82, 2.24) is 5.32 Å². The van der Waals surface area contributed by atoms with E-state index in [9.17, 15) is 5.11 Å². The van der Waals surface area contributed by atoms with Crippen molar-refractivity contribution in [2.24, 2.45) is 23.7 Å². The summed E-state index contributed by atoms with van der Waals surface area (Å²) in [7, 11) is 0. The maximum absolute atomic E-state index is 9.26. The monoisotopic (exact) mass is 169 g/mol. The third-order valence-corrected chi connectivity index (χ3v) is 3.65. The van der Waals surface area contributed by atoms with Crippen molar-refractivity contribution in [3.8, 4) is 0 Å². The minimum absolute atomic E-state index is 0.406. The highest BCUT2D eigenvalue weighted by molar-refractivity contribution is 4.90. The van der Waals surface area contributed by atoms with Gasteiger partial charge in [0.25, 0.3) is 0 Å². The Bertz CT molecular complexity index is 146. The Labute approximate surface area is 74.4 Å². The molecule has 2 aliphatic rings. The van der Waals surface area contributed by atoms with E-state index in [0.717, 1.165) is 30.8 Å². The second-order valence-electron chi connectivity index (χ2n) is 4.60. The van der Waals surface area contributed by atoms with Gasteiger partial charge in [0.1, 0.15) is 0 Å². The molecule has 2 nitrogen and oxygen atoms in total. The maximum Gasteiger partial charge on any atom is 0.0465 e. The second kappa shape index (κ2) is 3.35.